The number of carboxylic acid groups (broad SMARTS) is 1. The first-order chi connectivity index (χ1) is 9.31. The fraction of sp³-hybridized carbons (Fsp3) is 0.462. The van der Waals surface area contributed by atoms with Gasteiger partial charge in [-0.15, -0.1) is 0 Å². The summed E-state index contributed by atoms with van der Waals surface area (Å²) in [6.45, 7) is 3.77. The van der Waals surface area contributed by atoms with Crippen molar-refractivity contribution in [3.8, 4) is 0 Å². The van der Waals surface area contributed by atoms with E-state index in [0.717, 1.165) is 6.42 Å². The average Bonchev–Trinajstić information content (AvgIpc) is 2.37. The van der Waals surface area contributed by atoms with Crippen molar-refractivity contribution in [1.29, 1.82) is 0 Å². The first-order valence-corrected chi connectivity index (χ1v) is 7.01. The maximum atomic E-state index is 11.3. The standard InChI is InChI=1S/C13H17BrN2O4/c1-3-7-13(2,12(17)18)15-8-9-5-4-6-10(11(9)14)16(19)20/h4-6,15H,3,7-8H2,1-2H3,(H,17,18). The monoisotopic (exact) mass is 344 g/mol. The van der Waals surface area contributed by atoms with Crippen LogP contribution >= 0.6 is 15.9 Å². The molecule has 0 spiro atoms. The molecule has 7 heteroatoms. The summed E-state index contributed by atoms with van der Waals surface area (Å²) in [7, 11) is 0. The predicted molar refractivity (Wildman–Crippen MR) is 78.6 cm³/mol. The zero-order valence-corrected chi connectivity index (χ0v) is 12.9. The summed E-state index contributed by atoms with van der Waals surface area (Å²) in [5.41, 5.74) is -0.418. The van der Waals surface area contributed by atoms with Gasteiger partial charge in [0.1, 0.15) is 5.54 Å². The zero-order chi connectivity index (χ0) is 15.3. The largest absolute Gasteiger partial charge is 0.480 e. The van der Waals surface area contributed by atoms with Gasteiger partial charge in [0.2, 0.25) is 0 Å². The Morgan fingerprint density at radius 3 is 2.70 bits per heavy atom. The molecule has 20 heavy (non-hydrogen) atoms. The normalized spacial score (nSPS) is 13.8. The molecular formula is C13H17BrN2O4. The number of carbonyl (C=O) groups is 1. The number of halogens is 1. The van der Waals surface area contributed by atoms with Gasteiger partial charge >= 0.3 is 5.97 Å². The van der Waals surface area contributed by atoms with Crippen molar-refractivity contribution in [3.05, 3.63) is 38.3 Å². The predicted octanol–water partition coefficient (Wildman–Crippen LogP) is 3.09. The SMILES string of the molecule is CCCC(C)(NCc1cccc([N+](=O)[O-])c1Br)C(=O)O. The Labute approximate surface area is 125 Å². The lowest BCUT2D eigenvalue weighted by Crippen LogP contribution is -2.48. The Bertz CT molecular complexity index is 521. The smallest absolute Gasteiger partial charge is 0.323 e. The van der Waals surface area contributed by atoms with E-state index in [2.05, 4.69) is 21.2 Å². The van der Waals surface area contributed by atoms with E-state index in [1.807, 2.05) is 6.92 Å². The minimum absolute atomic E-state index is 0.0307. The molecule has 1 aromatic rings. The minimum Gasteiger partial charge on any atom is -0.480 e. The number of hydrogen-bond donors (Lipinski definition) is 2. The summed E-state index contributed by atoms with van der Waals surface area (Å²) in [5, 5.41) is 23.1. The van der Waals surface area contributed by atoms with Gasteiger partial charge in [-0.3, -0.25) is 20.2 Å². The third-order valence-electron chi connectivity index (χ3n) is 3.15. The molecule has 0 fully saturated rings. The molecule has 1 aromatic carbocycles. The van der Waals surface area contributed by atoms with Crippen LogP contribution in [0.4, 0.5) is 5.69 Å². The second kappa shape index (κ2) is 6.81. The molecule has 0 bridgehead atoms. The van der Waals surface area contributed by atoms with Gasteiger partial charge in [-0.1, -0.05) is 25.5 Å². The summed E-state index contributed by atoms with van der Waals surface area (Å²) in [5.74, 6) is -0.930. The number of hydrogen-bond acceptors (Lipinski definition) is 4. The molecule has 0 aliphatic carbocycles. The van der Waals surface area contributed by atoms with Gasteiger partial charge < -0.3 is 5.11 Å². The molecule has 0 saturated heterocycles. The summed E-state index contributed by atoms with van der Waals surface area (Å²) in [6.07, 6.45) is 1.21. The molecule has 0 aliphatic rings. The van der Waals surface area contributed by atoms with E-state index in [9.17, 15) is 20.0 Å². The van der Waals surface area contributed by atoms with E-state index in [1.54, 1.807) is 19.1 Å². The summed E-state index contributed by atoms with van der Waals surface area (Å²) < 4.78 is 0.377. The second-order valence-electron chi connectivity index (χ2n) is 4.75. The molecule has 110 valence electrons. The molecule has 2 N–H and O–H groups in total. The van der Waals surface area contributed by atoms with E-state index >= 15 is 0 Å². The molecule has 0 aromatic heterocycles. The van der Waals surface area contributed by atoms with Crippen LogP contribution in [0.25, 0.3) is 0 Å². The number of nitro groups is 1. The Hall–Kier alpha value is -1.47. The Morgan fingerprint density at radius 1 is 1.55 bits per heavy atom. The minimum atomic E-state index is -1.04. The molecule has 6 nitrogen and oxygen atoms in total. The maximum Gasteiger partial charge on any atom is 0.323 e. The van der Waals surface area contributed by atoms with Crippen LogP contribution in [-0.2, 0) is 11.3 Å². The fourth-order valence-electron chi connectivity index (χ4n) is 1.91. The van der Waals surface area contributed by atoms with Crippen molar-refractivity contribution in [2.24, 2.45) is 0 Å². The van der Waals surface area contributed by atoms with Gasteiger partial charge in [0.15, 0.2) is 0 Å². The van der Waals surface area contributed by atoms with Crippen LogP contribution in [0, 0.1) is 10.1 Å². The van der Waals surface area contributed by atoms with Crippen LogP contribution in [0.15, 0.2) is 22.7 Å². The van der Waals surface area contributed by atoms with Crippen LogP contribution in [-0.4, -0.2) is 21.5 Å². The summed E-state index contributed by atoms with van der Waals surface area (Å²) in [4.78, 5) is 21.7. The van der Waals surface area contributed by atoms with Gasteiger partial charge in [-0.25, -0.2) is 0 Å². The summed E-state index contributed by atoms with van der Waals surface area (Å²) in [6, 6.07) is 4.70. The van der Waals surface area contributed by atoms with Crippen LogP contribution in [0.2, 0.25) is 0 Å². The number of rotatable bonds is 7. The highest BCUT2D eigenvalue weighted by molar-refractivity contribution is 9.10. The van der Waals surface area contributed by atoms with Gasteiger partial charge in [-0.05, 0) is 34.8 Å². The Kier molecular flexibility index (Phi) is 5.64. The molecule has 1 unspecified atom stereocenters. The topological polar surface area (TPSA) is 92.5 Å². The van der Waals surface area contributed by atoms with Crippen LogP contribution < -0.4 is 5.32 Å². The number of carboxylic acids is 1. The highest BCUT2D eigenvalue weighted by Gasteiger charge is 2.31. The van der Waals surface area contributed by atoms with Crippen molar-refractivity contribution < 1.29 is 14.8 Å². The first-order valence-electron chi connectivity index (χ1n) is 6.22. The molecule has 1 rings (SSSR count). The lowest BCUT2D eigenvalue weighted by Gasteiger charge is -2.26. The third kappa shape index (κ3) is 3.77. The number of nitrogens with zero attached hydrogens (tertiary/aromatic N) is 1. The third-order valence-corrected chi connectivity index (χ3v) is 4.06. The molecular weight excluding hydrogens is 328 g/mol. The number of aliphatic carboxylic acids is 1. The maximum absolute atomic E-state index is 11.3. The van der Waals surface area contributed by atoms with Crippen molar-refractivity contribution in [2.45, 2.75) is 38.8 Å². The van der Waals surface area contributed by atoms with E-state index in [4.69, 9.17) is 0 Å². The van der Waals surface area contributed by atoms with E-state index in [0.29, 0.717) is 16.5 Å². The lowest BCUT2D eigenvalue weighted by molar-refractivity contribution is -0.385. The summed E-state index contributed by atoms with van der Waals surface area (Å²) >= 11 is 3.20. The van der Waals surface area contributed by atoms with Gasteiger partial charge in [0, 0.05) is 12.6 Å². The van der Waals surface area contributed by atoms with Crippen LogP contribution in [0.3, 0.4) is 0 Å². The van der Waals surface area contributed by atoms with Gasteiger partial charge in [0.25, 0.3) is 5.69 Å². The highest BCUT2D eigenvalue weighted by atomic mass is 79.9. The molecule has 0 heterocycles. The number of benzene rings is 1. The number of nitro benzene ring substituents is 1. The molecule has 1 atom stereocenters. The highest BCUT2D eigenvalue weighted by Crippen LogP contribution is 2.28. The molecule has 0 saturated carbocycles. The second-order valence-corrected chi connectivity index (χ2v) is 5.54. The Morgan fingerprint density at radius 2 is 2.20 bits per heavy atom. The quantitative estimate of drug-likeness (QED) is 0.585. The van der Waals surface area contributed by atoms with Gasteiger partial charge in [0.05, 0.1) is 9.40 Å². The first kappa shape index (κ1) is 16.6. The van der Waals surface area contributed by atoms with Gasteiger partial charge in [-0.2, -0.15) is 0 Å². The van der Waals surface area contributed by atoms with E-state index < -0.39 is 16.4 Å². The van der Waals surface area contributed by atoms with Crippen molar-refractivity contribution in [2.75, 3.05) is 0 Å². The molecule has 0 aliphatic heterocycles. The van der Waals surface area contributed by atoms with E-state index in [-0.39, 0.29) is 12.2 Å². The molecule has 0 amide bonds. The average molecular weight is 345 g/mol. The van der Waals surface area contributed by atoms with Crippen LogP contribution in [0.1, 0.15) is 32.3 Å². The van der Waals surface area contributed by atoms with Crippen molar-refractivity contribution >= 4 is 27.6 Å². The Balaban J connectivity index is 2.92. The van der Waals surface area contributed by atoms with Crippen molar-refractivity contribution in [1.82, 2.24) is 5.32 Å². The van der Waals surface area contributed by atoms with Crippen LogP contribution in [0.5, 0.6) is 0 Å². The lowest BCUT2D eigenvalue weighted by atomic mass is 9.96. The molecule has 0 radical (unpaired) electrons. The number of nitrogens with one attached hydrogen (secondary N) is 1. The van der Waals surface area contributed by atoms with Crippen molar-refractivity contribution in [3.63, 3.8) is 0 Å². The van der Waals surface area contributed by atoms with E-state index in [1.165, 1.54) is 6.07 Å². The zero-order valence-electron chi connectivity index (χ0n) is 11.4. The fourth-order valence-corrected chi connectivity index (χ4v) is 2.45.